The number of aryl methyl sites for hydroxylation is 1. The first-order chi connectivity index (χ1) is 6.91. The second-order valence-electron chi connectivity index (χ2n) is 3.59. The molecule has 0 aliphatic carbocycles. The summed E-state index contributed by atoms with van der Waals surface area (Å²) in [5.74, 6) is -1.02. The molecule has 1 unspecified atom stereocenters. The molecule has 1 aromatic carbocycles. The molecule has 0 saturated heterocycles. The Kier molecular flexibility index (Phi) is 3.37. The monoisotopic (exact) mass is 227 g/mol. The fourth-order valence-corrected chi connectivity index (χ4v) is 1.52. The maximum absolute atomic E-state index is 11.1. The number of carboxylic acids is 1. The van der Waals surface area contributed by atoms with Gasteiger partial charge in [0.05, 0.1) is 0 Å². The van der Waals surface area contributed by atoms with Crippen molar-refractivity contribution in [2.45, 2.75) is 25.8 Å². The fourth-order valence-electron chi connectivity index (χ4n) is 1.40. The van der Waals surface area contributed by atoms with E-state index in [2.05, 4.69) is 0 Å². The van der Waals surface area contributed by atoms with Crippen LogP contribution in [0.1, 0.15) is 24.5 Å². The van der Waals surface area contributed by atoms with Crippen molar-refractivity contribution in [2.75, 3.05) is 0 Å². The minimum Gasteiger partial charge on any atom is -0.480 e. The Labute approximate surface area is 93.9 Å². The van der Waals surface area contributed by atoms with E-state index in [1.54, 1.807) is 25.1 Å². The highest BCUT2D eigenvalue weighted by Crippen LogP contribution is 2.26. The maximum atomic E-state index is 11.1. The first-order valence-corrected chi connectivity index (χ1v) is 5.08. The SMILES string of the molecule is CCC(N)(C(=O)O)c1ccc(Cl)c(C)c1. The van der Waals surface area contributed by atoms with Crippen LogP contribution in [0.5, 0.6) is 0 Å². The molecule has 1 rings (SSSR count). The summed E-state index contributed by atoms with van der Waals surface area (Å²) in [5, 5.41) is 9.70. The summed E-state index contributed by atoms with van der Waals surface area (Å²) >= 11 is 5.87. The molecule has 0 saturated carbocycles. The standard InChI is InChI=1S/C11H14ClNO2/c1-3-11(13,10(14)15)8-4-5-9(12)7(2)6-8/h4-6H,3,13H2,1-2H3,(H,14,15). The third kappa shape index (κ3) is 2.13. The van der Waals surface area contributed by atoms with Crippen LogP contribution in [0.15, 0.2) is 18.2 Å². The van der Waals surface area contributed by atoms with Gasteiger partial charge >= 0.3 is 5.97 Å². The lowest BCUT2D eigenvalue weighted by Gasteiger charge is -2.24. The quantitative estimate of drug-likeness (QED) is 0.833. The van der Waals surface area contributed by atoms with Crippen LogP contribution in [0.3, 0.4) is 0 Å². The zero-order valence-corrected chi connectivity index (χ0v) is 9.51. The Morgan fingerprint density at radius 3 is 2.60 bits per heavy atom. The van der Waals surface area contributed by atoms with Gasteiger partial charge < -0.3 is 10.8 Å². The molecule has 0 heterocycles. The molecule has 0 aliphatic heterocycles. The maximum Gasteiger partial charge on any atom is 0.328 e. The number of rotatable bonds is 3. The molecule has 0 spiro atoms. The molecule has 1 aromatic rings. The van der Waals surface area contributed by atoms with Crippen molar-refractivity contribution in [2.24, 2.45) is 5.73 Å². The lowest BCUT2D eigenvalue weighted by atomic mass is 9.88. The zero-order valence-electron chi connectivity index (χ0n) is 8.75. The van der Waals surface area contributed by atoms with Crippen LogP contribution in [0.2, 0.25) is 5.02 Å². The van der Waals surface area contributed by atoms with Gasteiger partial charge in [0.25, 0.3) is 0 Å². The van der Waals surface area contributed by atoms with E-state index in [-0.39, 0.29) is 0 Å². The van der Waals surface area contributed by atoms with Crippen LogP contribution < -0.4 is 5.73 Å². The van der Waals surface area contributed by atoms with E-state index in [0.29, 0.717) is 17.0 Å². The van der Waals surface area contributed by atoms with Crippen LogP contribution in [-0.4, -0.2) is 11.1 Å². The average molecular weight is 228 g/mol. The van der Waals surface area contributed by atoms with Crippen LogP contribution in [-0.2, 0) is 10.3 Å². The molecule has 0 fully saturated rings. The van der Waals surface area contributed by atoms with Crippen LogP contribution in [0.25, 0.3) is 0 Å². The molecule has 82 valence electrons. The smallest absolute Gasteiger partial charge is 0.328 e. The van der Waals surface area contributed by atoms with E-state index in [1.807, 2.05) is 6.92 Å². The van der Waals surface area contributed by atoms with Crippen molar-refractivity contribution in [3.05, 3.63) is 34.3 Å². The Bertz CT molecular complexity index is 392. The molecule has 0 bridgehead atoms. The minimum absolute atomic E-state index is 0.337. The van der Waals surface area contributed by atoms with Crippen molar-refractivity contribution in [1.29, 1.82) is 0 Å². The molecule has 0 radical (unpaired) electrons. The number of benzene rings is 1. The first-order valence-electron chi connectivity index (χ1n) is 4.70. The van der Waals surface area contributed by atoms with E-state index in [4.69, 9.17) is 22.4 Å². The van der Waals surface area contributed by atoms with E-state index in [0.717, 1.165) is 5.56 Å². The summed E-state index contributed by atoms with van der Waals surface area (Å²) in [5.41, 5.74) is 5.93. The van der Waals surface area contributed by atoms with Gasteiger partial charge in [-0.15, -0.1) is 0 Å². The van der Waals surface area contributed by atoms with Gasteiger partial charge in [0.1, 0.15) is 5.54 Å². The van der Waals surface area contributed by atoms with Crippen LogP contribution >= 0.6 is 11.6 Å². The third-order valence-corrected chi connectivity index (χ3v) is 3.04. The Morgan fingerprint density at radius 2 is 2.20 bits per heavy atom. The molecular weight excluding hydrogens is 214 g/mol. The summed E-state index contributed by atoms with van der Waals surface area (Å²) in [7, 11) is 0. The number of halogens is 1. The summed E-state index contributed by atoms with van der Waals surface area (Å²) in [4.78, 5) is 11.1. The highest BCUT2D eigenvalue weighted by molar-refractivity contribution is 6.31. The van der Waals surface area contributed by atoms with E-state index in [1.165, 1.54) is 0 Å². The summed E-state index contributed by atoms with van der Waals surface area (Å²) < 4.78 is 0. The first kappa shape index (κ1) is 12.0. The molecule has 0 aromatic heterocycles. The molecule has 15 heavy (non-hydrogen) atoms. The van der Waals surface area contributed by atoms with Crippen molar-refractivity contribution >= 4 is 17.6 Å². The Hall–Kier alpha value is -1.06. The third-order valence-electron chi connectivity index (χ3n) is 2.61. The van der Waals surface area contributed by atoms with Gasteiger partial charge in [-0.3, -0.25) is 0 Å². The molecular formula is C11H14ClNO2. The van der Waals surface area contributed by atoms with Crippen molar-refractivity contribution in [1.82, 2.24) is 0 Å². The molecule has 0 aliphatic rings. The lowest BCUT2D eigenvalue weighted by Crippen LogP contribution is -2.44. The van der Waals surface area contributed by atoms with Crippen LogP contribution in [0.4, 0.5) is 0 Å². The number of nitrogens with two attached hydrogens (primary N) is 1. The predicted molar refractivity (Wildman–Crippen MR) is 60.0 cm³/mol. The highest BCUT2D eigenvalue weighted by Gasteiger charge is 2.34. The molecule has 4 heteroatoms. The largest absolute Gasteiger partial charge is 0.480 e. The van der Waals surface area contributed by atoms with Crippen molar-refractivity contribution in [3.63, 3.8) is 0 Å². The normalized spacial score (nSPS) is 14.7. The average Bonchev–Trinajstić information content (AvgIpc) is 2.20. The highest BCUT2D eigenvalue weighted by atomic mass is 35.5. The summed E-state index contributed by atoms with van der Waals surface area (Å²) in [6, 6.07) is 5.05. The molecule has 3 N–H and O–H groups in total. The topological polar surface area (TPSA) is 63.3 Å². The van der Waals surface area contributed by atoms with E-state index < -0.39 is 11.5 Å². The Balaban J connectivity index is 3.25. The van der Waals surface area contributed by atoms with E-state index >= 15 is 0 Å². The van der Waals surface area contributed by atoms with Crippen molar-refractivity contribution < 1.29 is 9.90 Å². The van der Waals surface area contributed by atoms with E-state index in [9.17, 15) is 4.79 Å². The van der Waals surface area contributed by atoms with Gasteiger partial charge in [0.15, 0.2) is 0 Å². The second kappa shape index (κ2) is 4.21. The second-order valence-corrected chi connectivity index (χ2v) is 4.00. The predicted octanol–water partition coefficient (Wildman–Crippen LogP) is 2.30. The lowest BCUT2D eigenvalue weighted by molar-refractivity contribution is -0.143. The number of carboxylic acid groups (broad SMARTS) is 1. The Morgan fingerprint density at radius 1 is 1.60 bits per heavy atom. The number of hydrogen-bond acceptors (Lipinski definition) is 2. The van der Waals surface area contributed by atoms with Gasteiger partial charge in [-0.25, -0.2) is 4.79 Å². The minimum atomic E-state index is -1.32. The summed E-state index contributed by atoms with van der Waals surface area (Å²) in [6.45, 7) is 3.57. The number of hydrogen-bond donors (Lipinski definition) is 2. The number of aliphatic carboxylic acids is 1. The van der Waals surface area contributed by atoms with Gasteiger partial charge in [0.2, 0.25) is 0 Å². The zero-order chi connectivity index (χ0) is 11.6. The fraction of sp³-hybridized carbons (Fsp3) is 0.364. The molecule has 3 nitrogen and oxygen atoms in total. The van der Waals surface area contributed by atoms with Crippen LogP contribution in [0, 0.1) is 6.92 Å². The molecule has 0 amide bonds. The summed E-state index contributed by atoms with van der Waals surface area (Å²) in [6.07, 6.45) is 0.337. The van der Waals surface area contributed by atoms with Gasteiger partial charge in [-0.05, 0) is 30.5 Å². The molecule has 1 atom stereocenters. The van der Waals surface area contributed by atoms with Gasteiger partial charge in [0, 0.05) is 5.02 Å². The van der Waals surface area contributed by atoms with Gasteiger partial charge in [-0.1, -0.05) is 30.7 Å². The van der Waals surface area contributed by atoms with Crippen molar-refractivity contribution in [3.8, 4) is 0 Å². The van der Waals surface area contributed by atoms with Gasteiger partial charge in [-0.2, -0.15) is 0 Å². The number of carbonyl (C=O) groups is 1.